The van der Waals surface area contributed by atoms with Gasteiger partial charge in [-0.1, -0.05) is 105 Å². The fraction of sp³-hybridized carbons (Fsp3) is 0.400. The van der Waals surface area contributed by atoms with Gasteiger partial charge < -0.3 is 14.7 Å². The molecule has 0 fully saturated rings. The minimum Gasteiger partial charge on any atom is -0.335 e. The summed E-state index contributed by atoms with van der Waals surface area (Å²) in [4.78, 5) is 8.84. The molecule has 1 aliphatic rings. The molecule has 4 nitrogen and oxygen atoms in total. The maximum atomic E-state index is 2.50. The normalized spacial score (nSPS) is 14.9. The van der Waals surface area contributed by atoms with Crippen molar-refractivity contribution in [1.82, 2.24) is 9.80 Å². The Kier molecular flexibility index (Phi) is 12.8. The number of thiazole rings is 1. The van der Waals surface area contributed by atoms with Crippen LogP contribution < -0.4 is 9.47 Å². The molecule has 218 valence electrons. The fourth-order valence-corrected chi connectivity index (χ4v) is 7.47. The number of hydrogen-bond donors (Lipinski definition) is 0. The Morgan fingerprint density at radius 3 is 2.20 bits per heavy atom. The second kappa shape index (κ2) is 16.7. The number of benzene rings is 2. The van der Waals surface area contributed by atoms with Crippen LogP contribution in [0.5, 0.6) is 0 Å². The molecule has 2 aromatic carbocycles. The first-order chi connectivity index (χ1) is 20.2. The number of para-hydroxylation sites is 2. The first-order valence-electron chi connectivity index (χ1n) is 15.3. The van der Waals surface area contributed by atoms with E-state index in [1.54, 1.807) is 0 Å². The Morgan fingerprint density at radius 2 is 1.41 bits per heavy atom. The summed E-state index contributed by atoms with van der Waals surface area (Å²) in [7, 11) is 0. The van der Waals surface area contributed by atoms with Crippen LogP contribution in [0.3, 0.4) is 0 Å². The molecule has 0 spiro atoms. The van der Waals surface area contributed by atoms with Crippen molar-refractivity contribution in [3.8, 4) is 0 Å². The molecule has 4 rings (SSSR count). The molecule has 0 bridgehead atoms. The molecule has 0 atom stereocenters. The molecule has 3 aromatic rings. The topological polar surface area (TPSA) is 13.6 Å². The van der Waals surface area contributed by atoms with Gasteiger partial charge in [-0.15, -0.1) is 0 Å². The number of hydrogen-bond acceptors (Lipinski definition) is 5. The summed E-state index contributed by atoms with van der Waals surface area (Å²) in [5.74, 6) is 0. The van der Waals surface area contributed by atoms with Gasteiger partial charge in [0.25, 0.3) is 5.01 Å². The molecule has 0 unspecified atom stereocenters. The molecule has 0 N–H and O–H groups in total. The van der Waals surface area contributed by atoms with E-state index in [0.29, 0.717) is 0 Å². The van der Waals surface area contributed by atoms with E-state index in [1.165, 1.54) is 30.8 Å². The molecular formula is C35H47N4S2+. The highest BCUT2D eigenvalue weighted by atomic mass is 32.2. The van der Waals surface area contributed by atoms with Crippen LogP contribution in [0.15, 0.2) is 94.9 Å². The summed E-state index contributed by atoms with van der Waals surface area (Å²) in [5, 5.41) is 2.61. The SMILES string of the molecule is CCN(CC)CCCN1/C(=C/C=C/C=C/C=C/c2sc3ccccc3[n+]2CCCN(CC)CC)Sc2ccccc21. The predicted molar refractivity (Wildman–Crippen MR) is 182 cm³/mol. The largest absolute Gasteiger partial charge is 0.335 e. The summed E-state index contributed by atoms with van der Waals surface area (Å²) in [6.45, 7) is 17.8. The summed E-state index contributed by atoms with van der Waals surface area (Å²) >= 11 is 3.75. The van der Waals surface area contributed by atoms with Gasteiger partial charge in [-0.2, -0.15) is 4.57 Å². The Labute approximate surface area is 256 Å². The summed E-state index contributed by atoms with van der Waals surface area (Å²) in [5.41, 5.74) is 2.67. The lowest BCUT2D eigenvalue weighted by atomic mass is 10.2. The maximum absolute atomic E-state index is 2.50. The van der Waals surface area contributed by atoms with Crippen LogP contribution in [0.1, 0.15) is 45.5 Å². The molecule has 0 saturated heterocycles. The zero-order valence-electron chi connectivity index (χ0n) is 25.3. The third-order valence-electron chi connectivity index (χ3n) is 7.70. The molecule has 41 heavy (non-hydrogen) atoms. The maximum Gasteiger partial charge on any atom is 0.262 e. The third kappa shape index (κ3) is 8.68. The van der Waals surface area contributed by atoms with Crippen molar-refractivity contribution in [2.45, 2.75) is 52.0 Å². The third-order valence-corrected chi connectivity index (χ3v) is 9.96. The second-order valence-electron chi connectivity index (χ2n) is 10.2. The van der Waals surface area contributed by atoms with Gasteiger partial charge in [0, 0.05) is 36.5 Å². The van der Waals surface area contributed by atoms with Crippen molar-refractivity contribution in [2.24, 2.45) is 0 Å². The highest BCUT2D eigenvalue weighted by Gasteiger charge is 2.24. The Balaban J connectivity index is 1.38. The predicted octanol–water partition coefficient (Wildman–Crippen LogP) is 8.23. The summed E-state index contributed by atoms with van der Waals surface area (Å²) in [6, 6.07) is 17.5. The molecule has 0 aliphatic carbocycles. The van der Waals surface area contributed by atoms with Crippen LogP contribution >= 0.6 is 23.1 Å². The highest BCUT2D eigenvalue weighted by Crippen LogP contribution is 2.45. The van der Waals surface area contributed by atoms with E-state index in [9.17, 15) is 0 Å². The average Bonchev–Trinajstić information content (AvgIpc) is 3.54. The van der Waals surface area contributed by atoms with E-state index in [1.807, 2.05) is 23.1 Å². The van der Waals surface area contributed by atoms with Gasteiger partial charge in [-0.05, 0) is 63.4 Å². The van der Waals surface area contributed by atoms with Crippen molar-refractivity contribution < 1.29 is 4.57 Å². The Bertz CT molecular complexity index is 1350. The van der Waals surface area contributed by atoms with E-state index < -0.39 is 0 Å². The van der Waals surface area contributed by atoms with Crippen LogP contribution in [-0.4, -0.2) is 55.6 Å². The number of aromatic nitrogens is 1. The monoisotopic (exact) mass is 587 g/mol. The second-order valence-corrected chi connectivity index (χ2v) is 12.3. The van der Waals surface area contributed by atoms with E-state index in [2.05, 4.69) is 138 Å². The molecule has 1 aromatic heterocycles. The lowest BCUT2D eigenvalue weighted by Crippen LogP contribution is -2.37. The van der Waals surface area contributed by atoms with Crippen LogP contribution in [-0.2, 0) is 6.54 Å². The van der Waals surface area contributed by atoms with Crippen LogP contribution in [0.25, 0.3) is 16.3 Å². The average molecular weight is 588 g/mol. The van der Waals surface area contributed by atoms with Crippen LogP contribution in [0.4, 0.5) is 5.69 Å². The van der Waals surface area contributed by atoms with Crippen LogP contribution in [0.2, 0.25) is 0 Å². The Hall–Kier alpha value is -2.64. The fourth-order valence-electron chi connectivity index (χ4n) is 5.27. The van der Waals surface area contributed by atoms with Crippen molar-refractivity contribution in [2.75, 3.05) is 50.7 Å². The number of anilines is 1. The number of fused-ring (bicyclic) bond motifs is 2. The summed E-state index contributed by atoms with van der Waals surface area (Å²) in [6.07, 6.45) is 17.6. The first kappa shape index (κ1) is 31.3. The molecule has 2 heterocycles. The number of thioether (sulfide) groups is 1. The number of rotatable bonds is 16. The highest BCUT2D eigenvalue weighted by molar-refractivity contribution is 8.03. The standard InChI is InChI=1S/C35H47N4S2/c1-5-36(6-2)26-18-28-38-30-20-14-16-22-32(30)40-34(38)24-12-10-9-11-13-25-35-39(29-19-27-37(7-3)8-4)31-21-15-17-23-33(31)41-35/h9-17,20-25H,5-8,18-19,26-29H2,1-4H3/q+1. The van der Waals surface area contributed by atoms with Crippen molar-refractivity contribution in [3.63, 3.8) is 0 Å². The van der Waals surface area contributed by atoms with Crippen molar-refractivity contribution in [1.29, 1.82) is 0 Å². The lowest BCUT2D eigenvalue weighted by molar-refractivity contribution is -0.669. The van der Waals surface area contributed by atoms with Gasteiger partial charge in [0.05, 0.1) is 10.7 Å². The first-order valence-corrected chi connectivity index (χ1v) is 16.9. The van der Waals surface area contributed by atoms with Gasteiger partial charge in [-0.25, -0.2) is 0 Å². The van der Waals surface area contributed by atoms with E-state index in [0.717, 1.165) is 65.2 Å². The quantitative estimate of drug-likeness (QED) is 0.124. The Morgan fingerprint density at radius 1 is 0.756 bits per heavy atom. The van der Waals surface area contributed by atoms with E-state index >= 15 is 0 Å². The van der Waals surface area contributed by atoms with E-state index in [-0.39, 0.29) is 0 Å². The van der Waals surface area contributed by atoms with Crippen LogP contribution in [0, 0.1) is 0 Å². The summed E-state index contributed by atoms with van der Waals surface area (Å²) < 4.78 is 3.83. The van der Waals surface area contributed by atoms with Gasteiger partial charge >= 0.3 is 0 Å². The van der Waals surface area contributed by atoms with Gasteiger partial charge in [0.1, 0.15) is 4.70 Å². The molecule has 1 aliphatic heterocycles. The minimum absolute atomic E-state index is 1.04. The lowest BCUT2D eigenvalue weighted by Gasteiger charge is -2.23. The van der Waals surface area contributed by atoms with Gasteiger partial charge in [-0.3, -0.25) is 0 Å². The van der Waals surface area contributed by atoms with Crippen molar-refractivity contribution >= 4 is 45.1 Å². The zero-order valence-corrected chi connectivity index (χ0v) is 27.0. The smallest absolute Gasteiger partial charge is 0.262 e. The van der Waals surface area contributed by atoms with E-state index in [4.69, 9.17) is 0 Å². The number of nitrogens with zero attached hydrogens (tertiary/aromatic N) is 4. The minimum atomic E-state index is 1.04. The molecule has 6 heteroatoms. The number of aryl methyl sites for hydroxylation is 1. The van der Waals surface area contributed by atoms with Crippen molar-refractivity contribution in [3.05, 3.63) is 95.0 Å². The number of allylic oxidation sites excluding steroid dienone is 6. The van der Waals surface area contributed by atoms with Gasteiger partial charge in [0.2, 0.25) is 5.52 Å². The molecular weight excluding hydrogens is 541 g/mol. The zero-order chi connectivity index (χ0) is 28.9. The molecule has 0 radical (unpaired) electrons. The molecule has 0 saturated carbocycles. The van der Waals surface area contributed by atoms with Gasteiger partial charge in [0.15, 0.2) is 6.54 Å². The molecule has 0 amide bonds.